The van der Waals surface area contributed by atoms with Crippen LogP contribution in [0.4, 0.5) is 0 Å². The SMILES string of the molecule is CC(C)C(C)(CC(C)(C)C)C(=O)OCCOC(=O)COC1C2CC3CC(C2)C(=O)OC1C3. The largest absolute Gasteiger partial charge is 0.462 e. The van der Waals surface area contributed by atoms with Crippen molar-refractivity contribution in [1.29, 1.82) is 0 Å². The van der Waals surface area contributed by atoms with E-state index in [4.69, 9.17) is 18.9 Å². The second kappa shape index (κ2) is 9.70. The first kappa shape index (κ1) is 25.0. The molecule has 7 heteroatoms. The summed E-state index contributed by atoms with van der Waals surface area (Å²) in [7, 11) is 0. The van der Waals surface area contributed by atoms with Gasteiger partial charge in [0.1, 0.15) is 25.9 Å². The molecule has 2 aliphatic heterocycles. The summed E-state index contributed by atoms with van der Waals surface area (Å²) in [5, 5.41) is 0. The minimum Gasteiger partial charge on any atom is -0.462 e. The van der Waals surface area contributed by atoms with E-state index >= 15 is 0 Å². The van der Waals surface area contributed by atoms with Crippen molar-refractivity contribution in [2.45, 2.75) is 85.9 Å². The van der Waals surface area contributed by atoms with Crippen molar-refractivity contribution < 1.29 is 33.3 Å². The van der Waals surface area contributed by atoms with Gasteiger partial charge in [0.15, 0.2) is 0 Å². The fourth-order valence-corrected chi connectivity index (χ4v) is 5.78. The summed E-state index contributed by atoms with van der Waals surface area (Å²) in [6.07, 6.45) is 3.76. The van der Waals surface area contributed by atoms with Crippen molar-refractivity contribution >= 4 is 17.9 Å². The number of carbonyl (C=O) groups excluding carboxylic acids is 3. The molecular weight excluding hydrogens is 412 g/mol. The van der Waals surface area contributed by atoms with E-state index in [-0.39, 0.29) is 67.1 Å². The van der Waals surface area contributed by atoms with Crippen molar-refractivity contribution in [3.8, 4) is 0 Å². The minimum atomic E-state index is -0.596. The molecule has 0 aromatic heterocycles. The Morgan fingerprint density at radius 1 is 1.03 bits per heavy atom. The molecule has 2 saturated carbocycles. The summed E-state index contributed by atoms with van der Waals surface area (Å²) < 4.78 is 22.1. The number of hydrogen-bond acceptors (Lipinski definition) is 7. The zero-order chi connectivity index (χ0) is 23.7. The van der Waals surface area contributed by atoms with Gasteiger partial charge in [0.05, 0.1) is 17.4 Å². The number of fused-ring (bicyclic) bond motifs is 1. The maximum absolute atomic E-state index is 12.7. The predicted molar refractivity (Wildman–Crippen MR) is 117 cm³/mol. The lowest BCUT2D eigenvalue weighted by molar-refractivity contribution is -0.171. The Labute approximate surface area is 191 Å². The zero-order valence-electron chi connectivity index (χ0n) is 20.5. The highest BCUT2D eigenvalue weighted by atomic mass is 16.6. The summed E-state index contributed by atoms with van der Waals surface area (Å²) in [5.41, 5.74) is -0.603. The molecule has 4 rings (SSSR count). The fourth-order valence-electron chi connectivity index (χ4n) is 5.78. The average Bonchev–Trinajstić information content (AvgIpc) is 2.84. The van der Waals surface area contributed by atoms with E-state index in [0.717, 1.165) is 25.7 Å². The molecule has 2 aliphatic carbocycles. The summed E-state index contributed by atoms with van der Waals surface area (Å²) in [5.74, 6) is 0.0129. The molecule has 0 spiro atoms. The van der Waals surface area contributed by atoms with Crippen LogP contribution in [-0.4, -0.2) is 49.9 Å². The Balaban J connectivity index is 1.40. The molecule has 182 valence electrons. The Morgan fingerprint density at radius 3 is 2.38 bits per heavy atom. The molecule has 6 atom stereocenters. The van der Waals surface area contributed by atoms with Crippen LogP contribution in [0, 0.1) is 34.5 Å². The summed E-state index contributed by atoms with van der Waals surface area (Å²) in [6, 6.07) is 0. The van der Waals surface area contributed by atoms with Crippen LogP contribution in [0.15, 0.2) is 0 Å². The molecular formula is C25H40O7. The number of rotatable bonds is 9. The van der Waals surface area contributed by atoms with Gasteiger partial charge in [-0.25, -0.2) is 4.79 Å². The van der Waals surface area contributed by atoms with Gasteiger partial charge in [0, 0.05) is 0 Å². The molecule has 7 nitrogen and oxygen atoms in total. The molecule has 4 bridgehead atoms. The van der Waals surface area contributed by atoms with Gasteiger partial charge in [0.25, 0.3) is 0 Å². The van der Waals surface area contributed by atoms with Crippen LogP contribution in [0.5, 0.6) is 0 Å². The molecule has 2 heterocycles. The third-order valence-corrected chi connectivity index (χ3v) is 7.45. The highest BCUT2D eigenvalue weighted by Crippen LogP contribution is 2.48. The number of esters is 3. The Kier molecular flexibility index (Phi) is 7.58. The molecule has 0 aromatic carbocycles. The number of carbonyl (C=O) groups is 3. The first-order valence-corrected chi connectivity index (χ1v) is 12.0. The van der Waals surface area contributed by atoms with Crippen molar-refractivity contribution in [2.75, 3.05) is 19.8 Å². The highest BCUT2D eigenvalue weighted by molar-refractivity contribution is 5.77. The van der Waals surface area contributed by atoms with E-state index in [2.05, 4.69) is 20.8 Å². The molecule has 0 aromatic rings. The van der Waals surface area contributed by atoms with Gasteiger partial charge >= 0.3 is 17.9 Å². The Morgan fingerprint density at radius 2 is 1.72 bits per heavy atom. The van der Waals surface area contributed by atoms with Crippen LogP contribution < -0.4 is 0 Å². The lowest BCUT2D eigenvalue weighted by Gasteiger charge is -2.41. The molecule has 32 heavy (non-hydrogen) atoms. The van der Waals surface area contributed by atoms with Gasteiger partial charge in [-0.15, -0.1) is 0 Å². The third-order valence-electron chi connectivity index (χ3n) is 7.45. The molecule has 0 amide bonds. The smallest absolute Gasteiger partial charge is 0.332 e. The van der Waals surface area contributed by atoms with Crippen molar-refractivity contribution in [2.24, 2.45) is 34.5 Å². The monoisotopic (exact) mass is 452 g/mol. The third kappa shape index (κ3) is 5.83. The van der Waals surface area contributed by atoms with Gasteiger partial charge in [-0.05, 0) is 62.2 Å². The summed E-state index contributed by atoms with van der Waals surface area (Å²) in [6.45, 7) is 12.1. The van der Waals surface area contributed by atoms with Crippen molar-refractivity contribution in [3.05, 3.63) is 0 Å². The van der Waals surface area contributed by atoms with Crippen LogP contribution in [-0.2, 0) is 33.3 Å². The lowest BCUT2D eigenvalue weighted by Crippen LogP contribution is -2.45. The molecule has 0 radical (unpaired) electrons. The first-order valence-electron chi connectivity index (χ1n) is 12.0. The zero-order valence-corrected chi connectivity index (χ0v) is 20.5. The van der Waals surface area contributed by atoms with E-state index in [9.17, 15) is 14.4 Å². The van der Waals surface area contributed by atoms with Crippen LogP contribution >= 0.6 is 0 Å². The fraction of sp³-hybridized carbons (Fsp3) is 0.880. The van der Waals surface area contributed by atoms with E-state index in [1.165, 1.54) is 0 Å². The summed E-state index contributed by atoms with van der Waals surface area (Å²) in [4.78, 5) is 37.1. The van der Waals surface area contributed by atoms with E-state index in [1.807, 2.05) is 20.8 Å². The van der Waals surface area contributed by atoms with Crippen LogP contribution in [0.25, 0.3) is 0 Å². The number of hydrogen-bond donors (Lipinski definition) is 0. The maximum atomic E-state index is 12.7. The first-order chi connectivity index (χ1) is 14.9. The van der Waals surface area contributed by atoms with Gasteiger partial charge in [-0.2, -0.15) is 0 Å². The Bertz CT molecular complexity index is 710. The summed E-state index contributed by atoms with van der Waals surface area (Å²) >= 11 is 0. The van der Waals surface area contributed by atoms with Crippen LogP contribution in [0.3, 0.4) is 0 Å². The van der Waals surface area contributed by atoms with Gasteiger partial charge in [-0.1, -0.05) is 34.6 Å². The average molecular weight is 453 g/mol. The predicted octanol–water partition coefficient (Wildman–Crippen LogP) is 3.92. The van der Waals surface area contributed by atoms with Crippen LogP contribution in [0.1, 0.15) is 73.6 Å². The normalized spacial score (nSPS) is 31.1. The van der Waals surface area contributed by atoms with Crippen molar-refractivity contribution in [3.63, 3.8) is 0 Å². The van der Waals surface area contributed by atoms with E-state index in [0.29, 0.717) is 12.3 Å². The van der Waals surface area contributed by atoms with Gasteiger partial charge in [0.2, 0.25) is 0 Å². The topological polar surface area (TPSA) is 88.1 Å². The second-order valence-corrected chi connectivity index (χ2v) is 11.7. The quantitative estimate of drug-likeness (QED) is 0.298. The second-order valence-electron chi connectivity index (χ2n) is 11.7. The van der Waals surface area contributed by atoms with Gasteiger partial charge in [-0.3, -0.25) is 9.59 Å². The molecule has 6 unspecified atom stereocenters. The number of ether oxygens (including phenoxy) is 4. The molecule has 4 aliphatic rings. The maximum Gasteiger partial charge on any atom is 0.332 e. The lowest BCUT2D eigenvalue weighted by atomic mass is 9.67. The van der Waals surface area contributed by atoms with Crippen molar-refractivity contribution in [1.82, 2.24) is 0 Å². The van der Waals surface area contributed by atoms with Crippen LogP contribution in [0.2, 0.25) is 0 Å². The van der Waals surface area contributed by atoms with Gasteiger partial charge < -0.3 is 18.9 Å². The Hall–Kier alpha value is -1.63. The van der Waals surface area contributed by atoms with E-state index in [1.54, 1.807) is 0 Å². The molecule has 2 saturated heterocycles. The highest BCUT2D eigenvalue weighted by Gasteiger charge is 2.50. The molecule has 0 N–H and O–H groups in total. The standard InChI is InChI=1S/C25H40O7/c1-15(2)25(6,14-24(3,4)5)23(28)30-8-7-29-20(26)13-31-21-17-9-16-10-18(12-17)22(27)32-19(21)11-16/h15-19,21H,7-14H2,1-6H3. The molecule has 4 fully saturated rings. The minimum absolute atomic E-state index is 0.00567. The van der Waals surface area contributed by atoms with E-state index < -0.39 is 11.4 Å².